The van der Waals surface area contributed by atoms with Crippen molar-refractivity contribution in [3.8, 4) is 11.3 Å². The summed E-state index contributed by atoms with van der Waals surface area (Å²) in [6.45, 7) is 4.66. The highest BCUT2D eigenvalue weighted by molar-refractivity contribution is 6.45. The predicted molar refractivity (Wildman–Crippen MR) is 131 cm³/mol. The number of halogens is 1. The minimum Gasteiger partial charge on any atom is -0.359 e. The van der Waals surface area contributed by atoms with Crippen LogP contribution in [0.3, 0.4) is 0 Å². The monoisotopic (exact) mass is 490 g/mol. The number of Topliss-reactive ketones (excluding diaryl/α,β-unsaturated/α-hetero) is 1. The molecule has 1 unspecified atom stereocenters. The number of ketones is 1. The fourth-order valence-corrected chi connectivity index (χ4v) is 4.64. The summed E-state index contributed by atoms with van der Waals surface area (Å²) in [6, 6.07) is 12.2. The normalized spacial score (nSPS) is 16.0. The van der Waals surface area contributed by atoms with E-state index >= 15 is 0 Å². The zero-order chi connectivity index (χ0) is 24.7. The number of hydrogen-bond donors (Lipinski definition) is 2. The van der Waals surface area contributed by atoms with Crippen LogP contribution in [0.5, 0.6) is 0 Å². The van der Waals surface area contributed by atoms with Gasteiger partial charge in [-0.05, 0) is 38.1 Å². The Morgan fingerprint density at radius 3 is 2.57 bits per heavy atom. The van der Waals surface area contributed by atoms with Gasteiger partial charge in [-0.1, -0.05) is 29.8 Å². The van der Waals surface area contributed by atoms with Crippen molar-refractivity contribution in [2.24, 2.45) is 0 Å². The lowest BCUT2D eigenvalue weighted by Gasteiger charge is -2.39. The maximum Gasteiger partial charge on any atom is 0.295 e. The summed E-state index contributed by atoms with van der Waals surface area (Å²) in [5, 5.41) is 7.35. The van der Waals surface area contributed by atoms with Gasteiger partial charge in [-0.2, -0.15) is 5.10 Å². The molecule has 1 aromatic carbocycles. The minimum absolute atomic E-state index is 0.0903. The molecule has 1 fully saturated rings. The molecule has 1 saturated heterocycles. The smallest absolute Gasteiger partial charge is 0.295 e. The van der Waals surface area contributed by atoms with Crippen molar-refractivity contribution >= 4 is 40.2 Å². The maximum atomic E-state index is 13.3. The molecule has 4 aromatic rings. The second kappa shape index (κ2) is 8.99. The number of aryl methyl sites for hydroxylation is 1. The van der Waals surface area contributed by atoms with Gasteiger partial charge in [0.2, 0.25) is 0 Å². The molecule has 0 radical (unpaired) electrons. The Kier molecular flexibility index (Phi) is 5.86. The largest absolute Gasteiger partial charge is 0.359 e. The van der Waals surface area contributed by atoms with Gasteiger partial charge in [-0.25, -0.2) is 4.98 Å². The molecule has 0 aliphatic carbocycles. The number of hydrogen-bond acceptors (Lipinski definition) is 5. The molecule has 1 atom stereocenters. The number of nitrogens with one attached hydrogen (secondary N) is 2. The summed E-state index contributed by atoms with van der Waals surface area (Å²) in [5.74, 6) is -1.40. The Labute approximate surface area is 206 Å². The number of amides is 2. The first-order valence-electron chi connectivity index (χ1n) is 11.2. The number of piperazine rings is 1. The van der Waals surface area contributed by atoms with Gasteiger partial charge in [0.15, 0.2) is 0 Å². The molecule has 0 saturated carbocycles. The van der Waals surface area contributed by atoms with Gasteiger partial charge in [-0.3, -0.25) is 19.5 Å². The van der Waals surface area contributed by atoms with E-state index in [4.69, 9.17) is 11.6 Å². The Balaban J connectivity index is 1.37. The fourth-order valence-electron chi connectivity index (χ4n) is 4.45. The van der Waals surface area contributed by atoms with E-state index in [1.165, 1.54) is 11.1 Å². The molecule has 0 spiro atoms. The average Bonchev–Trinajstić information content (AvgIpc) is 3.49. The van der Waals surface area contributed by atoms with E-state index in [1.54, 1.807) is 23.1 Å². The third kappa shape index (κ3) is 4.19. The van der Waals surface area contributed by atoms with Crippen molar-refractivity contribution in [3.63, 3.8) is 0 Å². The molecule has 1 aliphatic heterocycles. The number of aromatic nitrogens is 4. The van der Waals surface area contributed by atoms with E-state index < -0.39 is 11.7 Å². The first-order chi connectivity index (χ1) is 16.8. The number of fused-ring (bicyclic) bond motifs is 1. The van der Waals surface area contributed by atoms with Gasteiger partial charge in [0.05, 0.1) is 16.8 Å². The van der Waals surface area contributed by atoms with E-state index in [0.29, 0.717) is 40.9 Å². The van der Waals surface area contributed by atoms with Crippen molar-refractivity contribution in [1.82, 2.24) is 30.0 Å². The lowest BCUT2D eigenvalue weighted by atomic mass is 10.1. The molecule has 0 bridgehead atoms. The van der Waals surface area contributed by atoms with Crippen molar-refractivity contribution in [1.29, 1.82) is 0 Å². The highest BCUT2D eigenvalue weighted by Crippen LogP contribution is 2.31. The second-order valence-corrected chi connectivity index (χ2v) is 9.04. The van der Waals surface area contributed by atoms with E-state index in [2.05, 4.69) is 20.2 Å². The molecule has 2 amide bonds. The van der Waals surface area contributed by atoms with Gasteiger partial charge < -0.3 is 14.8 Å². The number of rotatable bonds is 4. The molecule has 178 valence electrons. The van der Waals surface area contributed by atoms with Gasteiger partial charge in [-0.15, -0.1) is 0 Å². The van der Waals surface area contributed by atoms with Crippen LogP contribution in [0.25, 0.3) is 22.3 Å². The Bertz CT molecular complexity index is 1440. The summed E-state index contributed by atoms with van der Waals surface area (Å²) in [4.78, 5) is 49.9. The third-order valence-corrected chi connectivity index (χ3v) is 6.41. The Morgan fingerprint density at radius 1 is 1.11 bits per heavy atom. The molecule has 10 heteroatoms. The number of carbonyl (C=O) groups excluding carboxylic acids is 3. The van der Waals surface area contributed by atoms with E-state index in [-0.39, 0.29) is 29.2 Å². The first-order valence-corrected chi connectivity index (χ1v) is 11.6. The molecule has 3 aromatic heterocycles. The molecule has 9 nitrogen and oxygen atoms in total. The van der Waals surface area contributed by atoms with Gasteiger partial charge in [0, 0.05) is 48.7 Å². The van der Waals surface area contributed by atoms with E-state index in [1.807, 2.05) is 38.1 Å². The van der Waals surface area contributed by atoms with E-state index in [0.717, 1.165) is 5.69 Å². The minimum atomic E-state index is -0.676. The van der Waals surface area contributed by atoms with Crippen molar-refractivity contribution in [2.45, 2.75) is 19.9 Å². The van der Waals surface area contributed by atoms with Crippen LogP contribution in [0.4, 0.5) is 0 Å². The highest BCUT2D eigenvalue weighted by atomic mass is 35.5. The van der Waals surface area contributed by atoms with E-state index in [9.17, 15) is 14.4 Å². The highest BCUT2D eigenvalue weighted by Gasteiger charge is 2.34. The lowest BCUT2D eigenvalue weighted by molar-refractivity contribution is -0.130. The number of H-pyrrole nitrogens is 2. The number of aromatic amines is 2. The van der Waals surface area contributed by atoms with Crippen LogP contribution in [0.15, 0.2) is 48.7 Å². The summed E-state index contributed by atoms with van der Waals surface area (Å²) in [5.41, 5.74) is 3.84. The summed E-state index contributed by atoms with van der Waals surface area (Å²) >= 11 is 6.25. The number of nitrogens with zero attached hydrogens (tertiary/aromatic N) is 4. The zero-order valence-electron chi connectivity index (χ0n) is 19.2. The standard InChI is InChI=1S/C25H23ClN6O3/c1-14-10-19(30-29-14)17-11-20(26)28-22-18(12-27-21(17)22)23(33)25(35)32-9-8-31(13-15(32)2)24(34)16-6-4-3-5-7-16/h3-7,10-12,15,27H,8-9,13H2,1-2H3,(H,29,30). The molecule has 2 N–H and O–H groups in total. The van der Waals surface area contributed by atoms with Crippen LogP contribution in [0.1, 0.15) is 33.3 Å². The van der Waals surface area contributed by atoms with Crippen LogP contribution < -0.4 is 0 Å². The molecule has 1 aliphatic rings. The summed E-state index contributed by atoms with van der Waals surface area (Å²) in [7, 11) is 0. The van der Waals surface area contributed by atoms with Crippen LogP contribution in [0, 0.1) is 6.92 Å². The molecule has 35 heavy (non-hydrogen) atoms. The zero-order valence-corrected chi connectivity index (χ0v) is 20.0. The first kappa shape index (κ1) is 22.8. The Morgan fingerprint density at radius 2 is 1.89 bits per heavy atom. The Hall–Kier alpha value is -3.98. The molecule has 4 heterocycles. The molecular formula is C25H23ClN6O3. The average molecular weight is 491 g/mol. The SMILES string of the molecule is Cc1cc(-c2cc(Cl)nc3c(C(=O)C(=O)N4CCN(C(=O)c5ccccc5)CC4C)c[nH]c23)n[nH]1. The maximum absolute atomic E-state index is 13.3. The third-order valence-electron chi connectivity index (χ3n) is 6.22. The van der Waals surface area contributed by atoms with Crippen molar-refractivity contribution in [3.05, 3.63) is 70.6 Å². The predicted octanol–water partition coefficient (Wildman–Crippen LogP) is 3.47. The lowest BCUT2D eigenvalue weighted by Crippen LogP contribution is -2.56. The topological polar surface area (TPSA) is 115 Å². The van der Waals surface area contributed by atoms with Crippen molar-refractivity contribution < 1.29 is 14.4 Å². The van der Waals surface area contributed by atoms with Crippen molar-refractivity contribution in [2.75, 3.05) is 19.6 Å². The van der Waals surface area contributed by atoms with Crippen LogP contribution in [0.2, 0.25) is 5.15 Å². The van der Waals surface area contributed by atoms with Crippen LogP contribution in [-0.2, 0) is 4.79 Å². The number of benzene rings is 1. The van der Waals surface area contributed by atoms with Crippen LogP contribution >= 0.6 is 11.6 Å². The van der Waals surface area contributed by atoms with Gasteiger partial charge in [0.1, 0.15) is 10.7 Å². The number of pyridine rings is 1. The van der Waals surface area contributed by atoms with Gasteiger partial charge >= 0.3 is 0 Å². The van der Waals surface area contributed by atoms with Gasteiger partial charge in [0.25, 0.3) is 17.6 Å². The van der Waals surface area contributed by atoms with Crippen LogP contribution in [-0.4, -0.2) is 73.2 Å². The summed E-state index contributed by atoms with van der Waals surface area (Å²) in [6.07, 6.45) is 1.48. The molecule has 5 rings (SSSR count). The number of carbonyl (C=O) groups is 3. The molecular weight excluding hydrogens is 468 g/mol. The summed E-state index contributed by atoms with van der Waals surface area (Å²) < 4.78 is 0. The quantitative estimate of drug-likeness (QED) is 0.258. The second-order valence-electron chi connectivity index (χ2n) is 8.65. The fraction of sp³-hybridized carbons (Fsp3) is 0.240.